The van der Waals surface area contributed by atoms with Gasteiger partial charge in [-0.3, -0.25) is 0 Å². The molecule has 3 rings (SSSR count). The highest BCUT2D eigenvalue weighted by atomic mass is 32.1. The maximum atomic E-state index is 3.88. The first-order chi connectivity index (χ1) is 9.34. The molecule has 0 saturated heterocycles. The summed E-state index contributed by atoms with van der Waals surface area (Å²) >= 11 is 3.75. The van der Waals surface area contributed by atoms with Crippen LogP contribution in [0.15, 0.2) is 35.0 Å². The van der Waals surface area contributed by atoms with Crippen molar-refractivity contribution in [2.24, 2.45) is 5.92 Å². The first kappa shape index (κ1) is 13.3. The molecule has 2 heterocycles. The van der Waals surface area contributed by atoms with Gasteiger partial charge < -0.3 is 5.32 Å². The van der Waals surface area contributed by atoms with Crippen LogP contribution in [0.3, 0.4) is 0 Å². The highest BCUT2D eigenvalue weighted by Crippen LogP contribution is 2.38. The van der Waals surface area contributed by atoms with Gasteiger partial charge in [0.25, 0.3) is 0 Å². The molecule has 0 radical (unpaired) electrons. The lowest BCUT2D eigenvalue weighted by Crippen LogP contribution is -2.28. The van der Waals surface area contributed by atoms with E-state index in [1.807, 2.05) is 22.7 Å². The fraction of sp³-hybridized carbons (Fsp3) is 0.500. The Morgan fingerprint density at radius 1 is 1.05 bits per heavy atom. The molecular formula is C16H21NS2. The average Bonchev–Trinajstić information content (AvgIpc) is 3.17. The van der Waals surface area contributed by atoms with E-state index in [0.29, 0.717) is 12.1 Å². The van der Waals surface area contributed by atoms with Crippen molar-refractivity contribution >= 4 is 22.7 Å². The van der Waals surface area contributed by atoms with E-state index < -0.39 is 0 Å². The van der Waals surface area contributed by atoms with Gasteiger partial charge >= 0.3 is 0 Å². The summed E-state index contributed by atoms with van der Waals surface area (Å²) in [6, 6.07) is 9.85. The van der Waals surface area contributed by atoms with E-state index >= 15 is 0 Å². The third kappa shape index (κ3) is 3.10. The minimum absolute atomic E-state index is 0.452. The van der Waals surface area contributed by atoms with Crippen molar-refractivity contribution in [2.75, 3.05) is 0 Å². The summed E-state index contributed by atoms with van der Waals surface area (Å²) in [7, 11) is 0. The third-order valence-electron chi connectivity index (χ3n) is 4.12. The molecule has 19 heavy (non-hydrogen) atoms. The Balaban J connectivity index is 1.75. The molecule has 2 aromatic heterocycles. The summed E-state index contributed by atoms with van der Waals surface area (Å²) in [6.45, 7) is 2.29. The van der Waals surface area contributed by atoms with Crippen molar-refractivity contribution in [3.63, 3.8) is 0 Å². The molecule has 2 aromatic rings. The highest BCUT2D eigenvalue weighted by Gasteiger charge is 2.28. The predicted molar refractivity (Wildman–Crippen MR) is 84.9 cm³/mol. The molecule has 1 aliphatic rings. The Kier molecular flexibility index (Phi) is 4.36. The molecule has 2 atom stereocenters. The predicted octanol–water partition coefficient (Wildman–Crippen LogP) is 5.39. The van der Waals surface area contributed by atoms with E-state index in [1.54, 1.807) is 0 Å². The van der Waals surface area contributed by atoms with E-state index in [-0.39, 0.29) is 0 Å². The highest BCUT2D eigenvalue weighted by molar-refractivity contribution is 7.10. The van der Waals surface area contributed by atoms with Crippen LogP contribution in [0.25, 0.3) is 0 Å². The molecule has 1 fully saturated rings. The number of hydrogen-bond donors (Lipinski definition) is 1. The molecule has 3 heteroatoms. The van der Waals surface area contributed by atoms with Crippen LogP contribution in [-0.2, 0) is 0 Å². The molecule has 1 N–H and O–H groups in total. The van der Waals surface area contributed by atoms with Gasteiger partial charge in [0.05, 0.1) is 0 Å². The molecule has 0 aliphatic heterocycles. The molecule has 1 nitrogen and oxygen atoms in total. The van der Waals surface area contributed by atoms with Gasteiger partial charge in [-0.25, -0.2) is 0 Å². The first-order valence-corrected chi connectivity index (χ1v) is 8.93. The van der Waals surface area contributed by atoms with Crippen LogP contribution in [0.2, 0.25) is 0 Å². The Morgan fingerprint density at radius 2 is 1.68 bits per heavy atom. The van der Waals surface area contributed by atoms with Crippen LogP contribution in [0.4, 0.5) is 0 Å². The van der Waals surface area contributed by atoms with Crippen molar-refractivity contribution in [3.8, 4) is 0 Å². The van der Waals surface area contributed by atoms with Gasteiger partial charge in [-0.05, 0) is 48.6 Å². The second kappa shape index (κ2) is 6.21. The summed E-state index contributed by atoms with van der Waals surface area (Å²) < 4.78 is 0. The fourth-order valence-electron chi connectivity index (χ4n) is 3.10. The summed E-state index contributed by atoms with van der Waals surface area (Å²) in [5.41, 5.74) is 0. The lowest BCUT2D eigenvalue weighted by atomic mass is 9.96. The van der Waals surface area contributed by atoms with Crippen molar-refractivity contribution in [1.29, 1.82) is 0 Å². The lowest BCUT2D eigenvalue weighted by molar-refractivity contribution is 0.345. The molecule has 0 amide bonds. The van der Waals surface area contributed by atoms with Crippen molar-refractivity contribution in [2.45, 2.75) is 44.7 Å². The zero-order valence-electron chi connectivity index (χ0n) is 11.3. The summed E-state index contributed by atoms with van der Waals surface area (Å²) in [5, 5.41) is 8.26. The SMILES string of the molecule is C[C@H](NC(c1cccs1)C1CCCC1)c1cccs1. The summed E-state index contributed by atoms with van der Waals surface area (Å²) in [6.07, 6.45) is 5.57. The Bertz CT molecular complexity index is 469. The largest absolute Gasteiger partial charge is 0.302 e. The third-order valence-corrected chi connectivity index (χ3v) is 6.13. The van der Waals surface area contributed by atoms with E-state index in [4.69, 9.17) is 0 Å². The molecular weight excluding hydrogens is 270 g/mol. The number of hydrogen-bond acceptors (Lipinski definition) is 3. The smallest absolute Gasteiger partial charge is 0.0448 e. The Morgan fingerprint density at radius 3 is 2.26 bits per heavy atom. The standard InChI is InChI=1S/C16H21NS2/c1-12(14-8-4-10-18-14)17-16(13-6-2-3-7-13)15-9-5-11-19-15/h4-5,8-13,16-17H,2-3,6-7H2,1H3/t12-,16?/m0/s1. The maximum Gasteiger partial charge on any atom is 0.0448 e. The normalized spacial score (nSPS) is 19.6. The first-order valence-electron chi connectivity index (χ1n) is 7.17. The number of rotatable bonds is 5. The average molecular weight is 291 g/mol. The van der Waals surface area contributed by atoms with Gasteiger partial charge in [-0.1, -0.05) is 25.0 Å². The number of thiophene rings is 2. The fourth-order valence-corrected chi connectivity index (χ4v) is 4.72. The van der Waals surface area contributed by atoms with Crippen LogP contribution in [0.1, 0.15) is 54.4 Å². The Labute approximate surface area is 123 Å². The Hall–Kier alpha value is -0.640. The van der Waals surface area contributed by atoms with Crippen LogP contribution in [0.5, 0.6) is 0 Å². The van der Waals surface area contributed by atoms with E-state index in [2.05, 4.69) is 47.3 Å². The molecule has 1 unspecified atom stereocenters. The second-order valence-electron chi connectivity index (χ2n) is 5.44. The van der Waals surface area contributed by atoms with E-state index in [0.717, 1.165) is 5.92 Å². The molecule has 0 bridgehead atoms. The molecule has 0 spiro atoms. The van der Waals surface area contributed by atoms with Crippen LogP contribution >= 0.6 is 22.7 Å². The molecule has 102 valence electrons. The van der Waals surface area contributed by atoms with Crippen LogP contribution in [0, 0.1) is 5.92 Å². The van der Waals surface area contributed by atoms with Gasteiger partial charge in [-0.15, -0.1) is 22.7 Å². The topological polar surface area (TPSA) is 12.0 Å². The van der Waals surface area contributed by atoms with Gasteiger partial charge in [0.15, 0.2) is 0 Å². The van der Waals surface area contributed by atoms with Crippen molar-refractivity contribution < 1.29 is 0 Å². The van der Waals surface area contributed by atoms with Gasteiger partial charge in [0, 0.05) is 21.8 Å². The second-order valence-corrected chi connectivity index (χ2v) is 7.40. The quantitative estimate of drug-likeness (QED) is 0.778. The molecule has 1 aliphatic carbocycles. The van der Waals surface area contributed by atoms with Gasteiger partial charge in [0.1, 0.15) is 0 Å². The summed E-state index contributed by atoms with van der Waals surface area (Å²) in [5.74, 6) is 0.820. The lowest BCUT2D eigenvalue weighted by Gasteiger charge is -2.27. The zero-order chi connectivity index (χ0) is 13.1. The van der Waals surface area contributed by atoms with Crippen LogP contribution < -0.4 is 5.32 Å². The summed E-state index contributed by atoms with van der Waals surface area (Å²) in [4.78, 5) is 2.95. The monoisotopic (exact) mass is 291 g/mol. The molecule has 1 saturated carbocycles. The van der Waals surface area contributed by atoms with Gasteiger partial charge in [-0.2, -0.15) is 0 Å². The van der Waals surface area contributed by atoms with E-state index in [1.165, 1.54) is 35.4 Å². The van der Waals surface area contributed by atoms with Crippen molar-refractivity contribution in [1.82, 2.24) is 5.32 Å². The van der Waals surface area contributed by atoms with Crippen molar-refractivity contribution in [3.05, 3.63) is 44.8 Å². The molecule has 0 aromatic carbocycles. The minimum atomic E-state index is 0.452. The van der Waals surface area contributed by atoms with Crippen LogP contribution in [-0.4, -0.2) is 0 Å². The number of nitrogens with one attached hydrogen (secondary N) is 1. The van der Waals surface area contributed by atoms with Gasteiger partial charge in [0.2, 0.25) is 0 Å². The van der Waals surface area contributed by atoms with E-state index in [9.17, 15) is 0 Å². The minimum Gasteiger partial charge on any atom is -0.302 e. The maximum absolute atomic E-state index is 3.88. The zero-order valence-corrected chi connectivity index (χ0v) is 13.0.